The minimum atomic E-state index is -0.136. The summed E-state index contributed by atoms with van der Waals surface area (Å²) in [5.41, 5.74) is 3.98. The second kappa shape index (κ2) is 8.35. The fourth-order valence-electron chi connectivity index (χ4n) is 3.50. The van der Waals surface area contributed by atoms with E-state index in [1.807, 2.05) is 55.5 Å². The number of thiazole rings is 1. The van der Waals surface area contributed by atoms with E-state index in [1.54, 1.807) is 17.4 Å². The van der Waals surface area contributed by atoms with Gasteiger partial charge in [0.2, 0.25) is 5.91 Å². The summed E-state index contributed by atoms with van der Waals surface area (Å²) in [7, 11) is 4.27. The Labute approximate surface area is 175 Å². The third-order valence-corrected chi connectivity index (χ3v) is 6.39. The van der Waals surface area contributed by atoms with Gasteiger partial charge >= 0.3 is 0 Å². The van der Waals surface area contributed by atoms with E-state index in [4.69, 9.17) is 4.98 Å². The number of aromatic nitrogens is 1. The maximum atomic E-state index is 12.3. The number of likely N-dealkylation sites (N-methyl/N-ethyl adjacent to an activating group) is 1. The average Bonchev–Trinajstić information content (AvgIpc) is 3.34. The van der Waals surface area contributed by atoms with E-state index in [1.165, 1.54) is 5.56 Å². The Morgan fingerprint density at radius 2 is 2.03 bits per heavy atom. The molecule has 1 aromatic heterocycles. The van der Waals surface area contributed by atoms with Crippen molar-refractivity contribution < 1.29 is 4.79 Å². The number of carbonyl (C=O) groups excluding carboxylic acids is 1. The average molecular weight is 407 g/mol. The zero-order chi connectivity index (χ0) is 20.4. The summed E-state index contributed by atoms with van der Waals surface area (Å²) in [6.45, 7) is 4.10. The van der Waals surface area contributed by atoms with Gasteiger partial charge in [0.25, 0.3) is 0 Å². The van der Waals surface area contributed by atoms with Crippen LogP contribution in [0.1, 0.15) is 17.5 Å². The number of hydrogen-bond acceptors (Lipinski definition) is 5. The zero-order valence-electron chi connectivity index (χ0n) is 17.1. The van der Waals surface area contributed by atoms with Gasteiger partial charge in [-0.2, -0.15) is 0 Å². The summed E-state index contributed by atoms with van der Waals surface area (Å²) in [5, 5.41) is 4.01. The molecule has 0 spiro atoms. The lowest BCUT2D eigenvalue weighted by molar-refractivity contribution is -0.111. The summed E-state index contributed by atoms with van der Waals surface area (Å²) >= 11 is 1.69. The minimum Gasteiger partial charge on any atom is -0.346 e. The largest absolute Gasteiger partial charge is 0.346 e. The van der Waals surface area contributed by atoms with E-state index in [2.05, 4.69) is 29.2 Å². The van der Waals surface area contributed by atoms with Crippen LogP contribution in [-0.4, -0.2) is 49.0 Å². The van der Waals surface area contributed by atoms with Gasteiger partial charge in [-0.1, -0.05) is 41.2 Å². The molecule has 0 aliphatic carbocycles. The maximum Gasteiger partial charge on any atom is 0.248 e. The molecule has 1 aliphatic rings. The maximum absolute atomic E-state index is 12.3. The molecule has 1 saturated heterocycles. The van der Waals surface area contributed by atoms with Crippen LogP contribution in [0.2, 0.25) is 0 Å². The second-order valence-electron chi connectivity index (χ2n) is 7.76. The van der Waals surface area contributed by atoms with Crippen LogP contribution < -0.4 is 10.2 Å². The van der Waals surface area contributed by atoms with E-state index in [9.17, 15) is 4.79 Å². The molecule has 2 aromatic carbocycles. The van der Waals surface area contributed by atoms with Crippen molar-refractivity contribution in [3.63, 3.8) is 0 Å². The van der Waals surface area contributed by atoms with Crippen molar-refractivity contribution in [1.29, 1.82) is 0 Å². The number of anilines is 2. The van der Waals surface area contributed by atoms with Gasteiger partial charge in [-0.25, -0.2) is 4.98 Å². The Bertz CT molecular complexity index is 1040. The van der Waals surface area contributed by atoms with Crippen molar-refractivity contribution >= 4 is 44.4 Å². The molecule has 0 radical (unpaired) electrons. The van der Waals surface area contributed by atoms with Gasteiger partial charge < -0.3 is 15.1 Å². The molecular weight excluding hydrogens is 380 g/mol. The van der Waals surface area contributed by atoms with Crippen LogP contribution in [0.4, 0.5) is 10.8 Å². The molecule has 150 valence electrons. The molecule has 0 bridgehead atoms. The number of aryl methyl sites for hydroxylation is 1. The Hall–Kier alpha value is -2.70. The minimum absolute atomic E-state index is 0.136. The lowest BCUT2D eigenvalue weighted by Crippen LogP contribution is -2.31. The Morgan fingerprint density at radius 3 is 2.76 bits per heavy atom. The second-order valence-corrected chi connectivity index (χ2v) is 8.77. The highest BCUT2D eigenvalue weighted by molar-refractivity contribution is 7.22. The van der Waals surface area contributed by atoms with E-state index in [-0.39, 0.29) is 5.91 Å². The van der Waals surface area contributed by atoms with Gasteiger partial charge in [0.1, 0.15) is 0 Å². The third kappa shape index (κ3) is 4.66. The van der Waals surface area contributed by atoms with Gasteiger partial charge in [-0.15, -0.1) is 0 Å². The first-order valence-corrected chi connectivity index (χ1v) is 10.7. The van der Waals surface area contributed by atoms with Crippen LogP contribution in [0.5, 0.6) is 0 Å². The van der Waals surface area contributed by atoms with Crippen molar-refractivity contribution in [3.05, 3.63) is 59.7 Å². The number of nitrogens with zero attached hydrogens (tertiary/aromatic N) is 3. The van der Waals surface area contributed by atoms with Crippen LogP contribution in [0.3, 0.4) is 0 Å². The summed E-state index contributed by atoms with van der Waals surface area (Å²) in [6.07, 6.45) is 4.56. The van der Waals surface area contributed by atoms with Gasteiger partial charge in [0.15, 0.2) is 5.13 Å². The first kappa shape index (κ1) is 19.6. The normalized spacial score (nSPS) is 17.0. The molecule has 1 unspecified atom stereocenters. The molecule has 0 saturated carbocycles. The number of fused-ring (bicyclic) bond motifs is 1. The summed E-state index contributed by atoms with van der Waals surface area (Å²) in [4.78, 5) is 21.7. The number of amides is 1. The zero-order valence-corrected chi connectivity index (χ0v) is 17.9. The van der Waals surface area contributed by atoms with Gasteiger partial charge in [-0.05, 0) is 57.3 Å². The van der Waals surface area contributed by atoms with Crippen LogP contribution in [0.25, 0.3) is 16.3 Å². The van der Waals surface area contributed by atoms with Gasteiger partial charge in [-0.3, -0.25) is 4.79 Å². The van der Waals surface area contributed by atoms with Crippen molar-refractivity contribution in [3.8, 4) is 0 Å². The quantitative estimate of drug-likeness (QED) is 0.638. The molecule has 1 atom stereocenters. The first-order valence-electron chi connectivity index (χ1n) is 9.85. The van der Waals surface area contributed by atoms with Crippen LogP contribution in [0.15, 0.2) is 48.5 Å². The Morgan fingerprint density at radius 1 is 1.24 bits per heavy atom. The number of rotatable bonds is 5. The van der Waals surface area contributed by atoms with E-state index < -0.39 is 0 Å². The third-order valence-electron chi connectivity index (χ3n) is 5.31. The van der Waals surface area contributed by atoms with Crippen molar-refractivity contribution in [2.24, 2.45) is 0 Å². The highest BCUT2D eigenvalue weighted by Gasteiger charge is 2.26. The Kier molecular flexibility index (Phi) is 5.65. The topological polar surface area (TPSA) is 48.5 Å². The molecule has 4 rings (SSSR count). The van der Waals surface area contributed by atoms with E-state index in [0.29, 0.717) is 6.04 Å². The fraction of sp³-hybridized carbons (Fsp3) is 0.304. The molecule has 29 heavy (non-hydrogen) atoms. The highest BCUT2D eigenvalue weighted by Crippen LogP contribution is 2.33. The molecular formula is C23H26N4OS. The molecule has 6 heteroatoms. The molecule has 1 fully saturated rings. The standard InChI is InChI=1S/C23H26N4OS/c1-16-4-6-17(7-5-16)8-11-22(28)24-18-9-10-20-21(14-18)29-23(25-20)27-13-12-19(15-27)26(2)3/h4-11,14,19H,12-13,15H2,1-3H3,(H,24,28)/b11-8+. The van der Waals surface area contributed by atoms with Crippen molar-refractivity contribution in [2.45, 2.75) is 19.4 Å². The van der Waals surface area contributed by atoms with Gasteiger partial charge in [0, 0.05) is 30.9 Å². The van der Waals surface area contributed by atoms with E-state index >= 15 is 0 Å². The number of benzene rings is 2. The summed E-state index contributed by atoms with van der Waals surface area (Å²) in [6, 6.07) is 14.6. The number of carbonyl (C=O) groups is 1. The van der Waals surface area contributed by atoms with Gasteiger partial charge in [0.05, 0.1) is 10.2 Å². The molecule has 1 amide bonds. The summed E-state index contributed by atoms with van der Waals surface area (Å²) in [5.74, 6) is -0.136. The Balaban J connectivity index is 1.43. The molecule has 5 nitrogen and oxygen atoms in total. The van der Waals surface area contributed by atoms with Crippen LogP contribution in [-0.2, 0) is 4.79 Å². The highest BCUT2D eigenvalue weighted by atomic mass is 32.1. The van der Waals surface area contributed by atoms with Crippen LogP contribution >= 0.6 is 11.3 Å². The predicted octanol–water partition coefficient (Wildman–Crippen LogP) is 4.40. The number of hydrogen-bond donors (Lipinski definition) is 1. The lowest BCUT2D eigenvalue weighted by atomic mass is 10.1. The molecule has 3 aromatic rings. The smallest absolute Gasteiger partial charge is 0.248 e. The first-order chi connectivity index (χ1) is 14.0. The monoisotopic (exact) mass is 406 g/mol. The lowest BCUT2D eigenvalue weighted by Gasteiger charge is -2.19. The molecule has 1 N–H and O–H groups in total. The predicted molar refractivity (Wildman–Crippen MR) is 123 cm³/mol. The molecule has 1 aliphatic heterocycles. The van der Waals surface area contributed by atoms with Crippen LogP contribution in [0, 0.1) is 6.92 Å². The van der Waals surface area contributed by atoms with Crippen molar-refractivity contribution in [2.75, 3.05) is 37.4 Å². The fourth-order valence-corrected chi connectivity index (χ4v) is 4.54. The summed E-state index contributed by atoms with van der Waals surface area (Å²) < 4.78 is 1.09. The van der Waals surface area contributed by atoms with Crippen molar-refractivity contribution in [1.82, 2.24) is 9.88 Å². The molecule has 2 heterocycles. The SMILES string of the molecule is Cc1ccc(/C=C/C(=O)Nc2ccc3nc(N4CCC(N(C)C)C4)sc3c2)cc1. The number of nitrogens with one attached hydrogen (secondary N) is 1. The van der Waals surface area contributed by atoms with E-state index in [0.717, 1.165) is 46.1 Å².